The van der Waals surface area contributed by atoms with Gasteiger partial charge in [0.05, 0.1) is 6.54 Å². The number of benzene rings is 2. The molecule has 1 heterocycles. The molecule has 2 aromatic rings. The molecule has 30 heavy (non-hydrogen) atoms. The number of fused-ring (bicyclic) bond motifs is 1. The highest BCUT2D eigenvalue weighted by Gasteiger charge is 2.37. The Kier molecular flexibility index (Phi) is 6.71. The van der Waals surface area contributed by atoms with Crippen LogP contribution in [0.5, 0.6) is 0 Å². The van der Waals surface area contributed by atoms with Gasteiger partial charge in [-0.3, -0.25) is 9.69 Å². The summed E-state index contributed by atoms with van der Waals surface area (Å²) in [7, 11) is 0. The second-order valence-corrected chi connectivity index (χ2v) is 6.96. The number of carboxylic acids is 1. The van der Waals surface area contributed by atoms with E-state index in [2.05, 4.69) is 11.2 Å². The van der Waals surface area contributed by atoms with Gasteiger partial charge in [0.1, 0.15) is 18.7 Å². The van der Waals surface area contributed by atoms with Gasteiger partial charge in [-0.1, -0.05) is 54.6 Å². The molecule has 0 spiro atoms. The molecule has 3 rings (SSSR count). The number of amides is 2. The molecule has 2 atom stereocenters. The summed E-state index contributed by atoms with van der Waals surface area (Å²) in [6.45, 7) is 0.260. The number of nitrogens with one attached hydrogen (secondary N) is 1. The molecule has 0 saturated carbocycles. The number of rotatable bonds is 6. The van der Waals surface area contributed by atoms with Gasteiger partial charge in [-0.25, -0.2) is 9.59 Å². The van der Waals surface area contributed by atoms with E-state index in [0.717, 1.165) is 16.7 Å². The highest BCUT2D eigenvalue weighted by Crippen LogP contribution is 2.24. The summed E-state index contributed by atoms with van der Waals surface area (Å²) in [5, 5.41) is 11.7. The van der Waals surface area contributed by atoms with Gasteiger partial charge in [0, 0.05) is 12.8 Å². The molecule has 2 amide bonds. The Morgan fingerprint density at radius 3 is 2.47 bits per heavy atom. The molecule has 0 aromatic heterocycles. The van der Waals surface area contributed by atoms with Crippen LogP contribution in [0.1, 0.15) is 23.1 Å². The normalized spacial score (nSPS) is 16.0. The van der Waals surface area contributed by atoms with Gasteiger partial charge >= 0.3 is 12.1 Å². The van der Waals surface area contributed by atoms with Crippen LogP contribution in [-0.2, 0) is 33.9 Å². The fraction of sp³-hybridized carbons (Fsp3) is 0.261. The summed E-state index contributed by atoms with van der Waals surface area (Å²) < 4.78 is 5.42. The quantitative estimate of drug-likeness (QED) is 0.718. The van der Waals surface area contributed by atoms with E-state index in [1.165, 1.54) is 4.90 Å². The van der Waals surface area contributed by atoms with E-state index >= 15 is 0 Å². The van der Waals surface area contributed by atoms with Crippen LogP contribution in [-0.4, -0.2) is 40.1 Å². The number of aliphatic carboxylic acids is 1. The lowest BCUT2D eigenvalue weighted by atomic mass is 9.93. The summed E-state index contributed by atoms with van der Waals surface area (Å²) in [6, 6.07) is 14.6. The van der Waals surface area contributed by atoms with E-state index in [4.69, 9.17) is 11.2 Å². The standard InChI is InChI=1S/C23H22N2O5/c1-2-8-19(22(27)28)24-21(26)20-13-17-11-6-7-12-18(17)14-25(20)23(29)30-15-16-9-4-3-5-10-16/h1,3-7,9-12,19-20H,8,13-15H2,(H,24,26)(H,27,28)/t19-,20-/m0/s1. The van der Waals surface area contributed by atoms with Crippen molar-refractivity contribution in [2.75, 3.05) is 0 Å². The molecule has 0 radical (unpaired) electrons. The minimum Gasteiger partial charge on any atom is -0.480 e. The van der Waals surface area contributed by atoms with Crippen molar-refractivity contribution in [3.05, 3.63) is 71.3 Å². The van der Waals surface area contributed by atoms with Crippen LogP contribution in [0.15, 0.2) is 54.6 Å². The first-order chi connectivity index (χ1) is 14.5. The van der Waals surface area contributed by atoms with Gasteiger partial charge in [0.2, 0.25) is 5.91 Å². The monoisotopic (exact) mass is 406 g/mol. The van der Waals surface area contributed by atoms with Crippen LogP contribution < -0.4 is 5.32 Å². The van der Waals surface area contributed by atoms with Crippen LogP contribution in [0.4, 0.5) is 4.79 Å². The largest absolute Gasteiger partial charge is 0.480 e. The van der Waals surface area contributed by atoms with E-state index < -0.39 is 30.1 Å². The van der Waals surface area contributed by atoms with Gasteiger partial charge in [0.15, 0.2) is 0 Å². The summed E-state index contributed by atoms with van der Waals surface area (Å²) in [4.78, 5) is 38.4. The Balaban J connectivity index is 1.78. The molecule has 2 N–H and O–H groups in total. The first-order valence-electron chi connectivity index (χ1n) is 9.50. The predicted molar refractivity (Wildman–Crippen MR) is 109 cm³/mol. The van der Waals surface area contributed by atoms with Crippen molar-refractivity contribution in [2.24, 2.45) is 0 Å². The number of carbonyl (C=O) groups excluding carboxylic acids is 2. The summed E-state index contributed by atoms with van der Waals surface area (Å²) in [5.41, 5.74) is 2.66. The maximum absolute atomic E-state index is 12.9. The number of carbonyl (C=O) groups is 3. The molecular weight excluding hydrogens is 384 g/mol. The van der Waals surface area contributed by atoms with Crippen molar-refractivity contribution in [1.82, 2.24) is 10.2 Å². The minimum atomic E-state index is -1.23. The van der Waals surface area contributed by atoms with Crippen molar-refractivity contribution in [1.29, 1.82) is 0 Å². The molecule has 1 aliphatic rings. The third kappa shape index (κ3) is 4.97. The maximum Gasteiger partial charge on any atom is 0.411 e. The number of terminal acetylenes is 1. The first-order valence-corrected chi connectivity index (χ1v) is 9.50. The predicted octanol–water partition coefficient (Wildman–Crippen LogP) is 2.34. The molecule has 0 bridgehead atoms. The smallest absolute Gasteiger partial charge is 0.411 e. The Morgan fingerprint density at radius 2 is 1.80 bits per heavy atom. The number of carboxylic acid groups (broad SMARTS) is 1. The van der Waals surface area contributed by atoms with Gasteiger partial charge in [0.25, 0.3) is 0 Å². The third-order valence-corrected chi connectivity index (χ3v) is 4.93. The molecule has 154 valence electrons. The highest BCUT2D eigenvalue weighted by atomic mass is 16.6. The van der Waals surface area contributed by atoms with Gasteiger partial charge < -0.3 is 15.2 Å². The highest BCUT2D eigenvalue weighted by molar-refractivity contribution is 5.90. The van der Waals surface area contributed by atoms with Crippen molar-refractivity contribution >= 4 is 18.0 Å². The van der Waals surface area contributed by atoms with Crippen LogP contribution in [0, 0.1) is 12.3 Å². The van der Waals surface area contributed by atoms with Crippen molar-refractivity contribution in [2.45, 2.75) is 38.1 Å². The van der Waals surface area contributed by atoms with Crippen LogP contribution in [0.25, 0.3) is 0 Å². The lowest BCUT2D eigenvalue weighted by Crippen LogP contribution is -2.55. The SMILES string of the molecule is C#CC[C@H](NC(=O)[C@@H]1Cc2ccccc2CN1C(=O)OCc1ccccc1)C(=O)O. The lowest BCUT2D eigenvalue weighted by Gasteiger charge is -2.35. The second kappa shape index (κ2) is 9.61. The number of hydrogen-bond donors (Lipinski definition) is 2. The third-order valence-electron chi connectivity index (χ3n) is 4.93. The fourth-order valence-electron chi connectivity index (χ4n) is 3.34. The van der Waals surface area contributed by atoms with E-state index in [1.807, 2.05) is 54.6 Å². The molecule has 0 aliphatic carbocycles. The molecule has 7 nitrogen and oxygen atoms in total. The Morgan fingerprint density at radius 1 is 1.13 bits per heavy atom. The van der Waals surface area contributed by atoms with Crippen molar-refractivity contribution in [3.63, 3.8) is 0 Å². The molecule has 0 unspecified atom stereocenters. The van der Waals surface area contributed by atoms with E-state index in [-0.39, 0.29) is 26.0 Å². The van der Waals surface area contributed by atoms with Crippen LogP contribution >= 0.6 is 0 Å². The zero-order valence-corrected chi connectivity index (χ0v) is 16.3. The summed E-state index contributed by atoms with van der Waals surface area (Å²) in [5.74, 6) is 0.439. The molecule has 0 saturated heterocycles. The van der Waals surface area contributed by atoms with Gasteiger partial charge in [-0.05, 0) is 16.7 Å². The zero-order chi connectivity index (χ0) is 21.5. The molecule has 0 fully saturated rings. The molecular formula is C23H22N2O5. The lowest BCUT2D eigenvalue weighted by molar-refractivity contribution is -0.142. The van der Waals surface area contributed by atoms with E-state index in [0.29, 0.717) is 0 Å². The van der Waals surface area contributed by atoms with Gasteiger partial charge in [-0.2, -0.15) is 0 Å². The Hall–Kier alpha value is -3.79. The summed E-state index contributed by atoms with van der Waals surface area (Å²) in [6.07, 6.45) is 4.67. The number of nitrogens with zero attached hydrogens (tertiary/aromatic N) is 1. The summed E-state index contributed by atoms with van der Waals surface area (Å²) >= 11 is 0. The number of hydrogen-bond acceptors (Lipinski definition) is 4. The first kappa shape index (κ1) is 20.9. The molecule has 2 aromatic carbocycles. The second-order valence-electron chi connectivity index (χ2n) is 6.96. The maximum atomic E-state index is 12.9. The molecule has 7 heteroatoms. The van der Waals surface area contributed by atoms with E-state index in [1.54, 1.807) is 0 Å². The van der Waals surface area contributed by atoms with Crippen LogP contribution in [0.3, 0.4) is 0 Å². The molecule has 1 aliphatic heterocycles. The average molecular weight is 406 g/mol. The van der Waals surface area contributed by atoms with Gasteiger partial charge in [-0.15, -0.1) is 12.3 Å². The van der Waals surface area contributed by atoms with Crippen molar-refractivity contribution in [3.8, 4) is 12.3 Å². The van der Waals surface area contributed by atoms with Crippen molar-refractivity contribution < 1.29 is 24.2 Å². The fourth-order valence-corrected chi connectivity index (χ4v) is 3.34. The average Bonchev–Trinajstić information content (AvgIpc) is 2.76. The number of ether oxygens (including phenoxy) is 1. The zero-order valence-electron chi connectivity index (χ0n) is 16.3. The Bertz CT molecular complexity index is 967. The Labute approximate surface area is 174 Å². The van der Waals surface area contributed by atoms with Crippen LogP contribution in [0.2, 0.25) is 0 Å². The minimum absolute atomic E-state index is 0.0704. The topological polar surface area (TPSA) is 95.9 Å². The van der Waals surface area contributed by atoms with E-state index in [9.17, 15) is 19.5 Å².